The van der Waals surface area contributed by atoms with Gasteiger partial charge in [0.25, 0.3) is 5.96 Å². The molecule has 141 valence electrons. The monoisotopic (exact) mass is 355 g/mol. The molecule has 0 unspecified atom stereocenters. The van der Waals surface area contributed by atoms with Crippen molar-refractivity contribution in [1.82, 2.24) is 21.4 Å². The Morgan fingerprint density at radius 1 is 1.36 bits per heavy atom. The van der Waals surface area contributed by atoms with Crippen molar-refractivity contribution in [2.45, 2.75) is 45.6 Å². The predicted molar refractivity (Wildman–Crippen MR) is 93.7 cm³/mol. The van der Waals surface area contributed by atoms with Crippen molar-refractivity contribution in [2.24, 2.45) is 5.92 Å². The van der Waals surface area contributed by atoms with Gasteiger partial charge in [-0.25, -0.2) is 10.1 Å². The van der Waals surface area contributed by atoms with Gasteiger partial charge in [0.1, 0.15) is 6.04 Å². The highest BCUT2D eigenvalue weighted by molar-refractivity contribution is 5.88. The lowest BCUT2D eigenvalue weighted by Gasteiger charge is -2.18. The summed E-state index contributed by atoms with van der Waals surface area (Å²) in [6, 6.07) is -0.727. The average molecular weight is 355 g/mol. The van der Waals surface area contributed by atoms with E-state index in [0.29, 0.717) is 25.2 Å². The Hall–Kier alpha value is -2.65. The van der Waals surface area contributed by atoms with Gasteiger partial charge in [0.05, 0.1) is 0 Å². The molecule has 1 atom stereocenters. The van der Waals surface area contributed by atoms with E-state index in [1.165, 1.54) is 6.08 Å². The first-order valence-corrected chi connectivity index (χ1v) is 8.02. The molecule has 2 amide bonds. The molecule has 5 N–H and O–H groups in total. The SMILES string of the molecule is C=CCC(=O)N[C@@H](CCCNC(=N)N[N+](=O)[O-])C(=O)N[CH]CC(C)C. The molecule has 0 aliphatic rings. The molecule has 0 aromatic heterocycles. The molecular weight excluding hydrogens is 328 g/mol. The van der Waals surface area contributed by atoms with Crippen molar-refractivity contribution in [1.29, 1.82) is 5.41 Å². The van der Waals surface area contributed by atoms with Gasteiger partial charge >= 0.3 is 0 Å². The number of guanidine groups is 1. The number of hydrazine groups is 1. The van der Waals surface area contributed by atoms with Crippen molar-refractivity contribution in [3.8, 4) is 0 Å². The van der Waals surface area contributed by atoms with E-state index < -0.39 is 17.0 Å². The molecule has 0 saturated carbocycles. The van der Waals surface area contributed by atoms with Crippen LogP contribution in [-0.4, -0.2) is 35.4 Å². The third-order valence-corrected chi connectivity index (χ3v) is 2.99. The maximum atomic E-state index is 12.2. The summed E-state index contributed by atoms with van der Waals surface area (Å²) in [5, 5.41) is 24.4. The van der Waals surface area contributed by atoms with Crippen LogP contribution >= 0.6 is 0 Å². The van der Waals surface area contributed by atoms with Crippen LogP contribution in [0, 0.1) is 28.0 Å². The lowest BCUT2D eigenvalue weighted by Crippen LogP contribution is -2.46. The molecule has 10 nitrogen and oxygen atoms in total. The van der Waals surface area contributed by atoms with Crippen molar-refractivity contribution in [3.05, 3.63) is 29.3 Å². The minimum atomic E-state index is -0.842. The van der Waals surface area contributed by atoms with E-state index in [4.69, 9.17) is 5.41 Å². The summed E-state index contributed by atoms with van der Waals surface area (Å²) in [5.74, 6) is -0.670. The van der Waals surface area contributed by atoms with Crippen LogP contribution in [0.25, 0.3) is 0 Å². The smallest absolute Gasteiger partial charge is 0.251 e. The van der Waals surface area contributed by atoms with Gasteiger partial charge in [0, 0.05) is 19.5 Å². The zero-order valence-corrected chi connectivity index (χ0v) is 14.6. The minimum Gasteiger partial charge on any atom is -0.352 e. The van der Waals surface area contributed by atoms with Crippen LogP contribution in [0.3, 0.4) is 0 Å². The van der Waals surface area contributed by atoms with E-state index in [1.54, 1.807) is 12.0 Å². The van der Waals surface area contributed by atoms with Gasteiger partial charge in [-0.3, -0.25) is 15.0 Å². The van der Waals surface area contributed by atoms with Gasteiger partial charge in [0.2, 0.25) is 11.8 Å². The third kappa shape index (κ3) is 12.4. The Morgan fingerprint density at radius 3 is 2.60 bits per heavy atom. The Bertz CT molecular complexity index is 481. The fourth-order valence-corrected chi connectivity index (χ4v) is 1.80. The quantitative estimate of drug-likeness (QED) is 0.0857. The highest BCUT2D eigenvalue weighted by atomic mass is 16.7. The van der Waals surface area contributed by atoms with Crippen LogP contribution in [0.4, 0.5) is 0 Å². The predicted octanol–water partition coefficient (Wildman–Crippen LogP) is 0.457. The summed E-state index contributed by atoms with van der Waals surface area (Å²) in [6.45, 7) is 9.42. The molecule has 1 radical (unpaired) electrons. The minimum absolute atomic E-state index is 0.106. The van der Waals surface area contributed by atoms with Gasteiger partial charge in [-0.05, 0) is 25.2 Å². The zero-order chi connectivity index (χ0) is 19.2. The molecule has 0 aliphatic heterocycles. The molecule has 0 spiro atoms. The van der Waals surface area contributed by atoms with Gasteiger partial charge in [-0.1, -0.05) is 25.3 Å². The normalized spacial score (nSPS) is 11.3. The topological polar surface area (TPSA) is 149 Å². The summed E-state index contributed by atoms with van der Waals surface area (Å²) < 4.78 is 0. The Labute approximate surface area is 147 Å². The van der Waals surface area contributed by atoms with E-state index in [0.717, 1.165) is 0 Å². The van der Waals surface area contributed by atoms with Gasteiger partial charge in [-0.2, -0.15) is 0 Å². The second kappa shape index (κ2) is 12.7. The molecule has 0 heterocycles. The fourth-order valence-electron chi connectivity index (χ4n) is 1.80. The van der Waals surface area contributed by atoms with Crippen LogP contribution < -0.4 is 21.4 Å². The molecule has 25 heavy (non-hydrogen) atoms. The van der Waals surface area contributed by atoms with E-state index in [9.17, 15) is 19.7 Å². The summed E-state index contributed by atoms with van der Waals surface area (Å²) in [6.07, 6.45) is 3.02. The molecule has 10 heteroatoms. The molecule has 0 bridgehead atoms. The summed E-state index contributed by atoms with van der Waals surface area (Å²) >= 11 is 0. The number of nitro groups is 1. The van der Waals surface area contributed by atoms with Crippen LogP contribution in [-0.2, 0) is 9.59 Å². The van der Waals surface area contributed by atoms with Crippen molar-refractivity contribution in [3.63, 3.8) is 0 Å². The third-order valence-electron chi connectivity index (χ3n) is 2.99. The number of carbonyl (C=O) groups is 2. The molecule has 0 saturated heterocycles. The van der Waals surface area contributed by atoms with Crippen LogP contribution in [0.1, 0.15) is 39.5 Å². The molecule has 0 aromatic carbocycles. The van der Waals surface area contributed by atoms with Crippen LogP contribution in [0.5, 0.6) is 0 Å². The maximum absolute atomic E-state index is 12.2. The molecular formula is C15H27N6O4. The number of rotatable bonds is 12. The van der Waals surface area contributed by atoms with Gasteiger partial charge < -0.3 is 16.0 Å². The Balaban J connectivity index is 4.40. The molecule has 0 fully saturated rings. The van der Waals surface area contributed by atoms with E-state index >= 15 is 0 Å². The number of hydrogen-bond donors (Lipinski definition) is 5. The van der Waals surface area contributed by atoms with Crippen LogP contribution in [0.15, 0.2) is 12.7 Å². The van der Waals surface area contributed by atoms with Gasteiger partial charge in [-0.15, -0.1) is 6.58 Å². The van der Waals surface area contributed by atoms with Crippen molar-refractivity contribution >= 4 is 17.8 Å². The number of hydrogen-bond acceptors (Lipinski definition) is 5. The highest BCUT2D eigenvalue weighted by Gasteiger charge is 2.19. The summed E-state index contributed by atoms with van der Waals surface area (Å²) in [7, 11) is 0. The van der Waals surface area contributed by atoms with Crippen molar-refractivity contribution in [2.75, 3.05) is 6.54 Å². The summed E-state index contributed by atoms with van der Waals surface area (Å²) in [4.78, 5) is 34.1. The lowest BCUT2D eigenvalue weighted by molar-refractivity contribution is -0.525. The maximum Gasteiger partial charge on any atom is 0.251 e. The Morgan fingerprint density at radius 2 is 2.04 bits per heavy atom. The molecule has 0 rings (SSSR count). The average Bonchev–Trinajstić information content (AvgIpc) is 2.49. The molecule has 0 aliphatic carbocycles. The molecule has 0 aromatic rings. The van der Waals surface area contributed by atoms with E-state index in [-0.39, 0.29) is 24.8 Å². The number of nitrogens with one attached hydrogen (secondary N) is 5. The highest BCUT2D eigenvalue weighted by Crippen LogP contribution is 2.02. The van der Waals surface area contributed by atoms with Crippen molar-refractivity contribution < 1.29 is 14.6 Å². The van der Waals surface area contributed by atoms with Crippen LogP contribution in [0.2, 0.25) is 0 Å². The second-order valence-electron chi connectivity index (χ2n) is 5.77. The van der Waals surface area contributed by atoms with E-state index in [1.807, 2.05) is 13.8 Å². The van der Waals surface area contributed by atoms with Gasteiger partial charge in [0.15, 0.2) is 5.03 Å². The second-order valence-corrected chi connectivity index (χ2v) is 5.77. The van der Waals surface area contributed by atoms with E-state index in [2.05, 4.69) is 22.5 Å². The Kier molecular flexibility index (Phi) is 11.4. The largest absolute Gasteiger partial charge is 0.352 e. The lowest BCUT2D eigenvalue weighted by atomic mass is 10.1. The number of nitrogens with zero attached hydrogens (tertiary/aromatic N) is 1. The standard InChI is InChI=1S/C15H27N6O4/c1-4-6-13(22)19-12(14(23)17-10-8-11(2)3)7-5-9-18-15(16)20-21(24)25/h4,10-12H,1,5-9H2,2-3H3,(H,17,23)(H,19,22)(H3,16,18,20)/t12-/m0/s1. The number of amides is 2. The fraction of sp³-hybridized carbons (Fsp3) is 0.600. The first-order valence-electron chi connectivity index (χ1n) is 8.02. The summed E-state index contributed by atoms with van der Waals surface area (Å²) in [5.41, 5.74) is 1.67. The first kappa shape index (κ1) is 22.4. The zero-order valence-electron chi connectivity index (χ0n) is 14.6. The first-order chi connectivity index (χ1) is 11.8. The number of carbonyl (C=O) groups excluding carboxylic acids is 2.